The molecule has 0 amide bonds. The van der Waals surface area contributed by atoms with Gasteiger partial charge in [0.1, 0.15) is 0 Å². The summed E-state index contributed by atoms with van der Waals surface area (Å²) in [5.41, 5.74) is 0.431. The van der Waals surface area contributed by atoms with Crippen LogP contribution in [-0.4, -0.2) is 28.2 Å². The first-order valence-corrected chi connectivity index (χ1v) is 8.01. The second-order valence-corrected chi connectivity index (χ2v) is 6.60. The zero-order valence-electron chi connectivity index (χ0n) is 11.8. The number of hydrogen-bond acceptors (Lipinski definition) is 4. The summed E-state index contributed by atoms with van der Waals surface area (Å²) in [7, 11) is -3.53. The molecule has 6 heteroatoms. The van der Waals surface area contributed by atoms with E-state index in [4.69, 9.17) is 10.00 Å². The van der Waals surface area contributed by atoms with Gasteiger partial charge in [0.25, 0.3) is 0 Å². The van der Waals surface area contributed by atoms with Crippen molar-refractivity contribution in [2.24, 2.45) is 5.92 Å². The average molecular weight is 296 g/mol. The van der Waals surface area contributed by atoms with Crippen LogP contribution in [0.25, 0.3) is 0 Å². The van der Waals surface area contributed by atoms with Crippen molar-refractivity contribution in [1.82, 2.24) is 4.72 Å². The van der Waals surface area contributed by atoms with E-state index in [1.165, 1.54) is 24.3 Å². The Morgan fingerprint density at radius 1 is 1.25 bits per heavy atom. The van der Waals surface area contributed by atoms with E-state index in [0.29, 0.717) is 24.7 Å². The van der Waals surface area contributed by atoms with Crippen molar-refractivity contribution in [3.8, 4) is 6.07 Å². The Labute approximate surface area is 120 Å². The van der Waals surface area contributed by atoms with Gasteiger partial charge in [-0.05, 0) is 36.6 Å². The summed E-state index contributed by atoms with van der Waals surface area (Å²) >= 11 is 0. The fourth-order valence-electron chi connectivity index (χ4n) is 1.46. The summed E-state index contributed by atoms with van der Waals surface area (Å²) in [4.78, 5) is 0.152. The summed E-state index contributed by atoms with van der Waals surface area (Å²) < 4.78 is 31.7. The van der Waals surface area contributed by atoms with Gasteiger partial charge in [-0.1, -0.05) is 13.8 Å². The molecule has 0 aliphatic carbocycles. The van der Waals surface area contributed by atoms with E-state index in [0.717, 1.165) is 6.42 Å². The van der Waals surface area contributed by atoms with Crippen molar-refractivity contribution in [2.45, 2.75) is 25.2 Å². The van der Waals surface area contributed by atoms with Gasteiger partial charge in [-0.2, -0.15) is 5.26 Å². The van der Waals surface area contributed by atoms with Gasteiger partial charge in [0.2, 0.25) is 10.0 Å². The number of hydrogen-bond donors (Lipinski definition) is 1. The van der Waals surface area contributed by atoms with Crippen LogP contribution in [-0.2, 0) is 14.8 Å². The quantitative estimate of drug-likeness (QED) is 0.743. The third-order valence-electron chi connectivity index (χ3n) is 2.67. The van der Waals surface area contributed by atoms with Crippen molar-refractivity contribution < 1.29 is 13.2 Å². The van der Waals surface area contributed by atoms with E-state index in [1.807, 2.05) is 6.07 Å². The Bertz CT molecular complexity index is 545. The molecular formula is C14H20N2O3S. The van der Waals surface area contributed by atoms with Crippen LogP contribution in [0.15, 0.2) is 29.2 Å². The molecule has 1 N–H and O–H groups in total. The van der Waals surface area contributed by atoms with Crippen LogP contribution >= 0.6 is 0 Å². The number of sulfonamides is 1. The lowest BCUT2D eigenvalue weighted by Gasteiger charge is -2.08. The van der Waals surface area contributed by atoms with E-state index < -0.39 is 10.0 Å². The number of nitriles is 1. The average Bonchev–Trinajstić information content (AvgIpc) is 2.42. The van der Waals surface area contributed by atoms with Crippen LogP contribution < -0.4 is 4.72 Å². The van der Waals surface area contributed by atoms with Gasteiger partial charge < -0.3 is 4.74 Å². The lowest BCUT2D eigenvalue weighted by Crippen LogP contribution is -2.27. The van der Waals surface area contributed by atoms with E-state index in [-0.39, 0.29) is 11.4 Å². The van der Waals surface area contributed by atoms with Gasteiger partial charge >= 0.3 is 0 Å². The fourth-order valence-corrected chi connectivity index (χ4v) is 2.47. The Kier molecular flexibility index (Phi) is 6.65. The number of rotatable bonds is 8. The molecule has 1 aromatic rings. The fraction of sp³-hybridized carbons (Fsp3) is 0.500. The van der Waals surface area contributed by atoms with Gasteiger partial charge in [0, 0.05) is 13.2 Å². The molecule has 0 saturated carbocycles. The number of nitrogens with one attached hydrogen (secondary N) is 1. The Morgan fingerprint density at radius 3 is 2.45 bits per heavy atom. The highest BCUT2D eigenvalue weighted by atomic mass is 32.2. The summed E-state index contributed by atoms with van der Waals surface area (Å²) in [6.45, 7) is 5.44. The maximum atomic E-state index is 11.9. The molecule has 0 aliphatic rings. The van der Waals surface area contributed by atoms with Crippen LogP contribution in [0.5, 0.6) is 0 Å². The van der Waals surface area contributed by atoms with E-state index in [1.54, 1.807) is 0 Å². The standard InChI is InChI=1S/C14H20N2O3S/c1-12(2)7-9-19-10-8-16-20(17,18)14-5-3-13(11-15)4-6-14/h3-6,12,16H,7-10H2,1-2H3. The number of nitrogens with zero attached hydrogens (tertiary/aromatic N) is 1. The summed E-state index contributed by atoms with van der Waals surface area (Å²) in [5, 5.41) is 8.66. The van der Waals surface area contributed by atoms with Crippen LogP contribution in [0.4, 0.5) is 0 Å². The molecule has 0 aliphatic heterocycles. The van der Waals surface area contributed by atoms with E-state index in [2.05, 4.69) is 18.6 Å². The zero-order chi connectivity index (χ0) is 15.0. The minimum Gasteiger partial charge on any atom is -0.380 e. The number of benzene rings is 1. The molecule has 0 unspecified atom stereocenters. The van der Waals surface area contributed by atoms with Crippen LogP contribution in [0.3, 0.4) is 0 Å². The highest BCUT2D eigenvalue weighted by molar-refractivity contribution is 7.89. The molecular weight excluding hydrogens is 276 g/mol. The molecule has 0 aromatic heterocycles. The molecule has 0 bridgehead atoms. The molecule has 0 heterocycles. The highest BCUT2D eigenvalue weighted by Gasteiger charge is 2.12. The maximum absolute atomic E-state index is 11.9. The van der Waals surface area contributed by atoms with E-state index >= 15 is 0 Å². The predicted octanol–water partition coefficient (Wildman–Crippen LogP) is 1.90. The normalized spacial score (nSPS) is 11.5. The maximum Gasteiger partial charge on any atom is 0.240 e. The van der Waals surface area contributed by atoms with Crippen LogP contribution in [0.1, 0.15) is 25.8 Å². The topological polar surface area (TPSA) is 79.2 Å². The SMILES string of the molecule is CC(C)CCOCCNS(=O)(=O)c1ccc(C#N)cc1. The van der Waals surface area contributed by atoms with Gasteiger partial charge in [-0.15, -0.1) is 0 Å². The van der Waals surface area contributed by atoms with Crippen molar-refractivity contribution >= 4 is 10.0 Å². The molecule has 0 saturated heterocycles. The van der Waals surface area contributed by atoms with E-state index in [9.17, 15) is 8.42 Å². The first-order valence-electron chi connectivity index (χ1n) is 6.53. The Balaban J connectivity index is 2.40. The lowest BCUT2D eigenvalue weighted by atomic mass is 10.1. The van der Waals surface area contributed by atoms with Gasteiger partial charge in [-0.3, -0.25) is 0 Å². The van der Waals surface area contributed by atoms with Crippen molar-refractivity contribution in [3.63, 3.8) is 0 Å². The molecule has 0 atom stereocenters. The molecule has 0 spiro atoms. The van der Waals surface area contributed by atoms with Crippen LogP contribution in [0.2, 0.25) is 0 Å². The predicted molar refractivity (Wildman–Crippen MR) is 76.6 cm³/mol. The molecule has 1 aromatic carbocycles. The van der Waals surface area contributed by atoms with Crippen LogP contribution in [0, 0.1) is 17.2 Å². The Hall–Kier alpha value is -1.42. The minimum absolute atomic E-state index is 0.152. The van der Waals surface area contributed by atoms with Crippen molar-refractivity contribution in [2.75, 3.05) is 19.8 Å². The third-order valence-corrected chi connectivity index (χ3v) is 4.15. The first-order chi connectivity index (χ1) is 9.45. The molecule has 0 fully saturated rings. The van der Waals surface area contributed by atoms with Gasteiger partial charge in [0.05, 0.1) is 23.1 Å². The second-order valence-electron chi connectivity index (χ2n) is 4.83. The molecule has 20 heavy (non-hydrogen) atoms. The lowest BCUT2D eigenvalue weighted by molar-refractivity contribution is 0.128. The second kappa shape index (κ2) is 8.00. The molecule has 0 radical (unpaired) electrons. The smallest absolute Gasteiger partial charge is 0.240 e. The molecule has 110 valence electrons. The molecule has 1 rings (SSSR count). The first kappa shape index (κ1) is 16.6. The summed E-state index contributed by atoms with van der Waals surface area (Å²) in [5.74, 6) is 0.574. The summed E-state index contributed by atoms with van der Waals surface area (Å²) in [6, 6.07) is 7.74. The van der Waals surface area contributed by atoms with Crippen molar-refractivity contribution in [1.29, 1.82) is 5.26 Å². The third kappa shape index (κ3) is 5.70. The number of ether oxygens (including phenoxy) is 1. The molecule has 5 nitrogen and oxygen atoms in total. The monoisotopic (exact) mass is 296 g/mol. The largest absolute Gasteiger partial charge is 0.380 e. The highest BCUT2D eigenvalue weighted by Crippen LogP contribution is 2.09. The van der Waals surface area contributed by atoms with Gasteiger partial charge in [-0.25, -0.2) is 13.1 Å². The Morgan fingerprint density at radius 2 is 1.90 bits per heavy atom. The minimum atomic E-state index is -3.53. The summed E-state index contributed by atoms with van der Waals surface area (Å²) in [6.07, 6.45) is 0.961. The van der Waals surface area contributed by atoms with Gasteiger partial charge in [0.15, 0.2) is 0 Å². The zero-order valence-corrected chi connectivity index (χ0v) is 12.6. The van der Waals surface area contributed by atoms with Crippen molar-refractivity contribution in [3.05, 3.63) is 29.8 Å².